The molecule has 7 heteroatoms. The fourth-order valence-electron chi connectivity index (χ4n) is 1.74. The Morgan fingerprint density at radius 2 is 2.00 bits per heavy atom. The average molecular weight is 292 g/mol. The van der Waals surface area contributed by atoms with E-state index in [-0.39, 0.29) is 6.04 Å². The number of carbonyl (C=O) groups is 1. The molecule has 0 bridgehead atoms. The maximum Gasteiger partial charge on any atom is 0.419 e. The lowest BCUT2D eigenvalue weighted by molar-refractivity contribution is -0.140. The molecule has 0 aliphatic heterocycles. The van der Waals surface area contributed by atoms with E-state index in [2.05, 4.69) is 0 Å². The second kappa shape index (κ2) is 6.21. The number of benzene rings is 1. The Kier molecular flexibility index (Phi) is 5.10. The van der Waals surface area contributed by atoms with Gasteiger partial charge in [-0.25, -0.2) is 4.39 Å². The van der Waals surface area contributed by atoms with Gasteiger partial charge in [-0.1, -0.05) is 6.07 Å². The van der Waals surface area contributed by atoms with Crippen molar-refractivity contribution in [3.05, 3.63) is 35.1 Å². The number of nitrogens with two attached hydrogens (primary N) is 1. The first-order valence-electron chi connectivity index (χ1n) is 6.03. The summed E-state index contributed by atoms with van der Waals surface area (Å²) in [6.07, 6.45) is -4.36. The highest BCUT2D eigenvalue weighted by molar-refractivity contribution is 5.94. The molecule has 1 atom stereocenters. The highest BCUT2D eigenvalue weighted by Gasteiger charge is 2.36. The second-order valence-electron chi connectivity index (χ2n) is 4.51. The van der Waals surface area contributed by atoms with E-state index in [0.29, 0.717) is 19.0 Å². The molecule has 0 saturated carbocycles. The summed E-state index contributed by atoms with van der Waals surface area (Å²) in [4.78, 5) is 13.2. The molecule has 1 unspecified atom stereocenters. The van der Waals surface area contributed by atoms with Gasteiger partial charge >= 0.3 is 6.18 Å². The van der Waals surface area contributed by atoms with Crippen molar-refractivity contribution in [3.63, 3.8) is 0 Å². The van der Waals surface area contributed by atoms with Crippen molar-refractivity contribution in [1.82, 2.24) is 4.90 Å². The van der Waals surface area contributed by atoms with Gasteiger partial charge in [0.15, 0.2) is 0 Å². The standard InChI is InChI=1S/C13H16F4N2O/c1-8(6-7-18)19(2)12(20)9-4-3-5-10(11(9)14)13(15,16)17/h3-5,8H,6-7,18H2,1-2H3. The number of nitrogens with zero attached hydrogens (tertiary/aromatic N) is 1. The first kappa shape index (κ1) is 16.4. The molecular weight excluding hydrogens is 276 g/mol. The van der Waals surface area contributed by atoms with Crippen molar-refractivity contribution in [3.8, 4) is 0 Å². The van der Waals surface area contributed by atoms with E-state index in [1.807, 2.05) is 0 Å². The summed E-state index contributed by atoms with van der Waals surface area (Å²) < 4.78 is 51.6. The number of halogens is 4. The van der Waals surface area contributed by atoms with E-state index in [0.717, 1.165) is 12.1 Å². The molecule has 1 amide bonds. The fraction of sp³-hybridized carbons (Fsp3) is 0.462. The first-order chi connectivity index (χ1) is 9.20. The lowest BCUT2D eigenvalue weighted by Crippen LogP contribution is -2.37. The van der Waals surface area contributed by atoms with E-state index in [9.17, 15) is 22.4 Å². The van der Waals surface area contributed by atoms with Crippen molar-refractivity contribution < 1.29 is 22.4 Å². The van der Waals surface area contributed by atoms with E-state index in [4.69, 9.17) is 5.73 Å². The number of alkyl halides is 3. The molecule has 1 aromatic carbocycles. The lowest BCUT2D eigenvalue weighted by atomic mass is 10.1. The third-order valence-electron chi connectivity index (χ3n) is 3.10. The van der Waals surface area contributed by atoms with Crippen LogP contribution in [0.5, 0.6) is 0 Å². The quantitative estimate of drug-likeness (QED) is 0.867. The van der Waals surface area contributed by atoms with Gasteiger partial charge in [-0.05, 0) is 32.0 Å². The minimum atomic E-state index is -4.83. The van der Waals surface area contributed by atoms with Crippen molar-refractivity contribution >= 4 is 5.91 Å². The van der Waals surface area contributed by atoms with Crippen LogP contribution in [-0.2, 0) is 6.18 Å². The minimum Gasteiger partial charge on any atom is -0.339 e. The van der Waals surface area contributed by atoms with Crippen molar-refractivity contribution in [1.29, 1.82) is 0 Å². The summed E-state index contributed by atoms with van der Waals surface area (Å²) in [5, 5.41) is 0. The average Bonchev–Trinajstić information content (AvgIpc) is 2.36. The summed E-state index contributed by atoms with van der Waals surface area (Å²) in [6, 6.07) is 2.37. The fourth-order valence-corrected chi connectivity index (χ4v) is 1.74. The zero-order chi connectivity index (χ0) is 15.5. The highest BCUT2D eigenvalue weighted by Crippen LogP contribution is 2.32. The van der Waals surface area contributed by atoms with E-state index < -0.39 is 29.0 Å². The minimum absolute atomic E-state index is 0.290. The van der Waals surface area contributed by atoms with Crippen LogP contribution in [0.25, 0.3) is 0 Å². The molecule has 1 rings (SSSR count). The number of carbonyl (C=O) groups excluding carboxylic acids is 1. The lowest BCUT2D eigenvalue weighted by Gasteiger charge is -2.25. The maximum absolute atomic E-state index is 13.8. The summed E-state index contributed by atoms with van der Waals surface area (Å²) in [5.74, 6) is -2.34. The third kappa shape index (κ3) is 3.47. The van der Waals surface area contributed by atoms with Crippen molar-refractivity contribution in [2.24, 2.45) is 5.73 Å². The van der Waals surface area contributed by atoms with Crippen LogP contribution in [0, 0.1) is 5.82 Å². The highest BCUT2D eigenvalue weighted by atomic mass is 19.4. The molecule has 0 heterocycles. The van der Waals surface area contributed by atoms with Gasteiger partial charge in [-0.15, -0.1) is 0 Å². The topological polar surface area (TPSA) is 46.3 Å². The Bertz CT molecular complexity index is 488. The number of hydrogen-bond donors (Lipinski definition) is 1. The van der Waals surface area contributed by atoms with E-state index in [1.165, 1.54) is 11.9 Å². The van der Waals surface area contributed by atoms with Gasteiger partial charge in [-0.3, -0.25) is 4.79 Å². The number of amides is 1. The van der Waals surface area contributed by atoms with Crippen LogP contribution in [0.1, 0.15) is 29.3 Å². The maximum atomic E-state index is 13.8. The summed E-state index contributed by atoms with van der Waals surface area (Å²) in [7, 11) is 1.41. The zero-order valence-corrected chi connectivity index (χ0v) is 11.2. The Balaban J connectivity index is 3.12. The van der Waals surface area contributed by atoms with Crippen molar-refractivity contribution in [2.75, 3.05) is 13.6 Å². The molecule has 0 saturated heterocycles. The normalized spacial score (nSPS) is 13.2. The molecule has 0 radical (unpaired) electrons. The summed E-state index contributed by atoms with van der Waals surface area (Å²) >= 11 is 0. The molecule has 0 aliphatic carbocycles. The van der Waals surface area contributed by atoms with Crippen molar-refractivity contribution in [2.45, 2.75) is 25.6 Å². The first-order valence-corrected chi connectivity index (χ1v) is 6.03. The van der Waals surface area contributed by atoms with E-state index >= 15 is 0 Å². The van der Waals surface area contributed by atoms with E-state index in [1.54, 1.807) is 6.92 Å². The largest absolute Gasteiger partial charge is 0.419 e. The Labute approximate surface area is 114 Å². The molecular formula is C13H16F4N2O. The van der Waals surface area contributed by atoms with Gasteiger partial charge in [0.25, 0.3) is 5.91 Å². The SMILES string of the molecule is CC(CCN)N(C)C(=O)c1cccc(C(F)(F)F)c1F. The Hall–Kier alpha value is -1.63. The van der Waals surface area contributed by atoms with Gasteiger partial charge in [0.1, 0.15) is 5.82 Å². The number of hydrogen-bond acceptors (Lipinski definition) is 2. The summed E-state index contributed by atoms with van der Waals surface area (Å²) in [6.45, 7) is 2.01. The smallest absolute Gasteiger partial charge is 0.339 e. The van der Waals surface area contributed by atoms with Gasteiger partial charge in [-0.2, -0.15) is 13.2 Å². The van der Waals surface area contributed by atoms with Gasteiger partial charge in [0.05, 0.1) is 11.1 Å². The van der Waals surface area contributed by atoms with Gasteiger partial charge in [0.2, 0.25) is 0 Å². The van der Waals surface area contributed by atoms with Gasteiger partial charge in [0, 0.05) is 13.1 Å². The molecule has 2 N–H and O–H groups in total. The Morgan fingerprint density at radius 1 is 1.40 bits per heavy atom. The molecule has 0 spiro atoms. The molecule has 0 aliphatic rings. The predicted octanol–water partition coefficient (Wildman–Crippen LogP) is 2.65. The van der Waals surface area contributed by atoms with Gasteiger partial charge < -0.3 is 10.6 Å². The molecule has 0 fully saturated rings. The molecule has 0 aromatic heterocycles. The molecule has 112 valence electrons. The van der Waals surface area contributed by atoms with Crippen LogP contribution < -0.4 is 5.73 Å². The third-order valence-corrected chi connectivity index (χ3v) is 3.10. The Morgan fingerprint density at radius 3 is 2.50 bits per heavy atom. The predicted molar refractivity (Wildman–Crippen MR) is 66.6 cm³/mol. The molecule has 20 heavy (non-hydrogen) atoms. The van der Waals surface area contributed by atoms with Crippen LogP contribution in [0.4, 0.5) is 17.6 Å². The van der Waals surface area contributed by atoms with Crippen LogP contribution >= 0.6 is 0 Å². The molecule has 3 nitrogen and oxygen atoms in total. The zero-order valence-electron chi connectivity index (χ0n) is 11.2. The van der Waals surface area contributed by atoms with Crippen LogP contribution in [0.3, 0.4) is 0 Å². The van der Waals surface area contributed by atoms with Crippen LogP contribution in [-0.4, -0.2) is 30.4 Å². The second-order valence-corrected chi connectivity index (χ2v) is 4.51. The number of rotatable bonds is 4. The summed E-state index contributed by atoms with van der Waals surface area (Å²) in [5.41, 5.74) is 3.32. The van der Waals surface area contributed by atoms with Crippen LogP contribution in [0.2, 0.25) is 0 Å². The molecule has 1 aromatic rings. The van der Waals surface area contributed by atoms with Crippen LogP contribution in [0.15, 0.2) is 18.2 Å². The monoisotopic (exact) mass is 292 g/mol.